The summed E-state index contributed by atoms with van der Waals surface area (Å²) < 4.78 is 40.4. The number of nitrogens with zero attached hydrogens (tertiary/aromatic N) is 1. The van der Waals surface area contributed by atoms with E-state index in [-0.39, 0.29) is 23.5 Å². The van der Waals surface area contributed by atoms with Crippen LogP contribution in [0.2, 0.25) is 0 Å². The fourth-order valence-electron chi connectivity index (χ4n) is 4.88. The Bertz CT molecular complexity index is 1130. The van der Waals surface area contributed by atoms with Gasteiger partial charge in [-0.3, -0.25) is 4.31 Å². The third-order valence-electron chi connectivity index (χ3n) is 6.44. The number of sulfonamides is 1. The Labute approximate surface area is 198 Å². The lowest BCUT2D eigenvalue weighted by Crippen LogP contribution is -2.38. The van der Waals surface area contributed by atoms with Gasteiger partial charge in [0.25, 0.3) is 10.0 Å². The van der Waals surface area contributed by atoms with Gasteiger partial charge in [0.2, 0.25) is 0 Å². The predicted octanol–water partition coefficient (Wildman–Crippen LogP) is 5.11. The molecule has 1 fully saturated rings. The van der Waals surface area contributed by atoms with Crippen molar-refractivity contribution < 1.29 is 22.7 Å². The van der Waals surface area contributed by atoms with E-state index in [1.807, 2.05) is 12.1 Å². The van der Waals surface area contributed by atoms with Crippen LogP contribution in [-0.4, -0.2) is 34.1 Å². The molecule has 8 heteroatoms. The Kier molecular flexibility index (Phi) is 6.54. The molecule has 1 aliphatic carbocycles. The largest absolute Gasteiger partial charge is 0.482 e. The number of anilines is 1. The molecule has 0 amide bonds. The Morgan fingerprint density at radius 3 is 2.56 bits per heavy atom. The normalized spacial score (nSPS) is 17.3. The van der Waals surface area contributed by atoms with Gasteiger partial charge in [-0.25, -0.2) is 13.2 Å². The van der Waals surface area contributed by atoms with Crippen LogP contribution in [0.15, 0.2) is 45.8 Å². The fourth-order valence-corrected chi connectivity index (χ4v) is 6.89. The number of hydrogen-bond acceptors (Lipinski definition) is 5. The number of carbonyl (C=O) groups excluding carboxylic acids is 1. The first-order chi connectivity index (χ1) is 15.3. The molecule has 0 unspecified atom stereocenters. The van der Waals surface area contributed by atoms with Crippen LogP contribution < -0.4 is 9.04 Å². The third kappa shape index (κ3) is 4.27. The number of fused-ring (bicyclic) bond motifs is 2. The topological polar surface area (TPSA) is 72.9 Å². The molecule has 172 valence electrons. The summed E-state index contributed by atoms with van der Waals surface area (Å²) in [6.07, 6.45) is 5.44. The summed E-state index contributed by atoms with van der Waals surface area (Å²) >= 11 is 3.57. The molecule has 0 bridgehead atoms. The first-order valence-electron chi connectivity index (χ1n) is 11.0. The lowest BCUT2D eigenvalue weighted by Gasteiger charge is -2.34. The van der Waals surface area contributed by atoms with E-state index in [0.717, 1.165) is 41.4 Å². The summed E-state index contributed by atoms with van der Waals surface area (Å²) in [7, 11) is -3.75. The second kappa shape index (κ2) is 9.06. The van der Waals surface area contributed by atoms with Crippen LogP contribution in [0.25, 0.3) is 0 Å². The predicted molar refractivity (Wildman–Crippen MR) is 127 cm³/mol. The molecule has 0 saturated heterocycles. The molecular weight excluding hydrogens is 494 g/mol. The maximum Gasteiger partial charge on any atom is 0.344 e. The number of aryl methyl sites for hydroxylation is 1. The minimum atomic E-state index is -3.75. The molecule has 0 aromatic heterocycles. The standard InChI is InChI=1S/C24H28BrNO5S/c1-3-30-23(27)15-31-22-10-8-19(13-17(22)2)32(28,29)26-16-24(11-5-4-6-12-24)20-14-18(25)7-9-21(20)26/h7-10,13-14H,3-6,11-12,15-16H2,1-2H3. The molecule has 0 radical (unpaired) electrons. The minimum absolute atomic E-state index is 0.123. The van der Waals surface area contributed by atoms with E-state index in [1.54, 1.807) is 36.4 Å². The molecule has 32 heavy (non-hydrogen) atoms. The van der Waals surface area contributed by atoms with Crippen LogP contribution in [0, 0.1) is 6.92 Å². The molecule has 4 rings (SSSR count). The van der Waals surface area contributed by atoms with Gasteiger partial charge >= 0.3 is 5.97 Å². The summed E-state index contributed by atoms with van der Waals surface area (Å²) in [6, 6.07) is 10.7. The van der Waals surface area contributed by atoms with Crippen molar-refractivity contribution in [3.63, 3.8) is 0 Å². The highest BCUT2D eigenvalue weighted by Crippen LogP contribution is 2.51. The number of halogens is 1. The molecule has 2 aromatic rings. The van der Waals surface area contributed by atoms with Crippen LogP contribution in [-0.2, 0) is 25.0 Å². The number of ether oxygens (including phenoxy) is 2. The van der Waals surface area contributed by atoms with E-state index in [2.05, 4.69) is 22.0 Å². The summed E-state index contributed by atoms with van der Waals surface area (Å²) in [5.74, 6) is 0.00715. The highest BCUT2D eigenvalue weighted by molar-refractivity contribution is 9.10. The molecular formula is C24H28BrNO5S. The summed E-state index contributed by atoms with van der Waals surface area (Å²) in [5.41, 5.74) is 2.43. The molecule has 1 spiro atoms. The molecule has 1 saturated carbocycles. The van der Waals surface area contributed by atoms with Crippen molar-refractivity contribution in [2.24, 2.45) is 0 Å². The fraction of sp³-hybridized carbons (Fsp3) is 0.458. The van der Waals surface area contributed by atoms with Crippen molar-refractivity contribution in [1.82, 2.24) is 0 Å². The monoisotopic (exact) mass is 521 g/mol. The SMILES string of the molecule is CCOC(=O)COc1ccc(S(=O)(=O)N2CC3(CCCCC3)c3cc(Br)ccc32)cc1C. The van der Waals surface area contributed by atoms with Crippen molar-refractivity contribution in [2.45, 2.75) is 56.3 Å². The molecule has 0 atom stereocenters. The summed E-state index contributed by atoms with van der Waals surface area (Å²) in [4.78, 5) is 11.8. The highest BCUT2D eigenvalue weighted by Gasteiger charge is 2.47. The second-order valence-electron chi connectivity index (χ2n) is 8.54. The van der Waals surface area contributed by atoms with Crippen molar-refractivity contribution in [3.05, 3.63) is 52.0 Å². The van der Waals surface area contributed by atoms with Crippen LogP contribution >= 0.6 is 15.9 Å². The molecule has 2 aliphatic rings. The molecule has 1 heterocycles. The van der Waals surface area contributed by atoms with Gasteiger partial charge in [0.05, 0.1) is 17.2 Å². The van der Waals surface area contributed by atoms with Crippen molar-refractivity contribution in [2.75, 3.05) is 24.1 Å². The van der Waals surface area contributed by atoms with E-state index in [1.165, 1.54) is 6.42 Å². The summed E-state index contributed by atoms with van der Waals surface area (Å²) in [6.45, 7) is 4.05. The average molecular weight is 522 g/mol. The Morgan fingerprint density at radius 1 is 1.12 bits per heavy atom. The quantitative estimate of drug-likeness (QED) is 0.493. The molecule has 0 N–H and O–H groups in total. The zero-order chi connectivity index (χ0) is 22.9. The smallest absolute Gasteiger partial charge is 0.344 e. The number of esters is 1. The van der Waals surface area contributed by atoms with E-state index >= 15 is 0 Å². The van der Waals surface area contributed by atoms with Crippen LogP contribution in [0.4, 0.5) is 5.69 Å². The average Bonchev–Trinajstić information content (AvgIpc) is 3.07. The minimum Gasteiger partial charge on any atom is -0.482 e. The highest BCUT2D eigenvalue weighted by atomic mass is 79.9. The Morgan fingerprint density at radius 2 is 1.88 bits per heavy atom. The van der Waals surface area contributed by atoms with Crippen LogP contribution in [0.5, 0.6) is 5.75 Å². The lowest BCUT2D eigenvalue weighted by atomic mass is 9.71. The van der Waals surface area contributed by atoms with Gasteiger partial charge in [-0.15, -0.1) is 0 Å². The van der Waals surface area contributed by atoms with E-state index in [0.29, 0.717) is 17.9 Å². The van der Waals surface area contributed by atoms with Crippen molar-refractivity contribution in [1.29, 1.82) is 0 Å². The van der Waals surface area contributed by atoms with Gasteiger partial charge in [0.15, 0.2) is 6.61 Å². The van der Waals surface area contributed by atoms with Gasteiger partial charge in [0, 0.05) is 16.4 Å². The van der Waals surface area contributed by atoms with Crippen molar-refractivity contribution in [3.8, 4) is 5.75 Å². The second-order valence-corrected chi connectivity index (χ2v) is 11.3. The number of hydrogen-bond donors (Lipinski definition) is 0. The number of carbonyl (C=O) groups is 1. The van der Waals surface area contributed by atoms with Gasteiger partial charge in [0.1, 0.15) is 5.75 Å². The van der Waals surface area contributed by atoms with Gasteiger partial charge in [-0.05, 0) is 74.2 Å². The maximum absolute atomic E-state index is 13.7. The first kappa shape index (κ1) is 23.1. The maximum atomic E-state index is 13.7. The van der Waals surface area contributed by atoms with E-state index < -0.39 is 16.0 Å². The van der Waals surface area contributed by atoms with Crippen LogP contribution in [0.3, 0.4) is 0 Å². The zero-order valence-corrected chi connectivity index (χ0v) is 20.8. The Hall–Kier alpha value is -2.06. The van der Waals surface area contributed by atoms with Gasteiger partial charge in [-0.2, -0.15) is 0 Å². The lowest BCUT2D eigenvalue weighted by molar-refractivity contribution is -0.145. The van der Waals surface area contributed by atoms with E-state index in [9.17, 15) is 13.2 Å². The first-order valence-corrected chi connectivity index (χ1v) is 13.2. The van der Waals surface area contributed by atoms with Gasteiger partial charge < -0.3 is 9.47 Å². The zero-order valence-electron chi connectivity index (χ0n) is 18.4. The van der Waals surface area contributed by atoms with Gasteiger partial charge in [-0.1, -0.05) is 35.2 Å². The van der Waals surface area contributed by atoms with Crippen molar-refractivity contribution >= 4 is 37.6 Å². The third-order valence-corrected chi connectivity index (χ3v) is 8.69. The number of benzene rings is 2. The molecule has 6 nitrogen and oxygen atoms in total. The molecule has 2 aromatic carbocycles. The Balaban J connectivity index is 1.64. The van der Waals surface area contributed by atoms with E-state index in [4.69, 9.17) is 9.47 Å². The molecule has 1 aliphatic heterocycles. The number of rotatable bonds is 6. The van der Waals surface area contributed by atoms with Crippen LogP contribution in [0.1, 0.15) is 50.2 Å². The summed E-state index contributed by atoms with van der Waals surface area (Å²) in [5, 5.41) is 0.